The van der Waals surface area contributed by atoms with Crippen LogP contribution in [-0.2, 0) is 4.74 Å². The van der Waals surface area contributed by atoms with Crippen molar-refractivity contribution in [1.29, 1.82) is 0 Å². The van der Waals surface area contributed by atoms with Gasteiger partial charge in [-0.3, -0.25) is 0 Å². The summed E-state index contributed by atoms with van der Waals surface area (Å²) < 4.78 is 5.17. The molecule has 0 bridgehead atoms. The van der Waals surface area contributed by atoms with E-state index in [0.29, 0.717) is 6.10 Å². The molecule has 1 aliphatic rings. The zero-order chi connectivity index (χ0) is 6.85. The lowest BCUT2D eigenvalue weighted by atomic mass is 10.1. The molecule has 1 rings (SSSR count). The van der Waals surface area contributed by atoms with Crippen molar-refractivity contribution in [3.05, 3.63) is 0 Å². The number of aliphatic hydroxyl groups is 1. The van der Waals surface area contributed by atoms with Gasteiger partial charge in [0.15, 0.2) is 0 Å². The molecule has 0 aliphatic carbocycles. The normalized spacial score (nSPS) is 36.3. The summed E-state index contributed by atoms with van der Waals surface area (Å²) in [5.74, 6) is 0. The number of hydrogen-bond acceptors (Lipinski definition) is 2. The Labute approximate surface area is 55.8 Å². The van der Waals surface area contributed by atoms with E-state index in [1.807, 2.05) is 6.92 Å². The van der Waals surface area contributed by atoms with Crippen LogP contribution in [0, 0.1) is 0 Å². The number of ether oxygens (including phenoxy) is 1. The van der Waals surface area contributed by atoms with Gasteiger partial charge in [-0.15, -0.1) is 0 Å². The smallest absolute Gasteiger partial charge is 0.110 e. The Morgan fingerprint density at radius 1 is 1.56 bits per heavy atom. The standard InChI is InChI=1S/C7H14O2/c1-3-5(8)7-6(4-2)9-7/h5-8H,3-4H2,1-2H3. The average Bonchev–Trinajstić information content (AvgIpc) is 2.64. The van der Waals surface area contributed by atoms with Crippen molar-refractivity contribution < 1.29 is 9.84 Å². The highest BCUT2D eigenvalue weighted by atomic mass is 16.6. The summed E-state index contributed by atoms with van der Waals surface area (Å²) in [4.78, 5) is 0. The second kappa shape index (κ2) is 2.67. The van der Waals surface area contributed by atoms with Crippen molar-refractivity contribution in [2.45, 2.75) is 45.0 Å². The molecule has 2 heteroatoms. The maximum Gasteiger partial charge on any atom is 0.110 e. The van der Waals surface area contributed by atoms with Crippen LogP contribution >= 0.6 is 0 Å². The lowest BCUT2D eigenvalue weighted by Gasteiger charge is -2.00. The third-order valence-corrected chi connectivity index (χ3v) is 1.82. The molecule has 1 aliphatic heterocycles. The molecule has 1 fully saturated rings. The Morgan fingerprint density at radius 2 is 2.22 bits per heavy atom. The number of aliphatic hydroxyl groups excluding tert-OH is 1. The summed E-state index contributed by atoms with van der Waals surface area (Å²) in [5.41, 5.74) is 0. The highest BCUT2D eigenvalue weighted by molar-refractivity contribution is 4.88. The van der Waals surface area contributed by atoms with Crippen LogP contribution in [0.4, 0.5) is 0 Å². The first kappa shape index (κ1) is 7.03. The van der Waals surface area contributed by atoms with Gasteiger partial charge in [-0.05, 0) is 12.8 Å². The van der Waals surface area contributed by atoms with Gasteiger partial charge < -0.3 is 9.84 Å². The van der Waals surface area contributed by atoms with Crippen LogP contribution in [0.15, 0.2) is 0 Å². The molecule has 0 aromatic heterocycles. The van der Waals surface area contributed by atoms with Crippen molar-refractivity contribution in [2.24, 2.45) is 0 Å². The first-order chi connectivity index (χ1) is 4.29. The maximum atomic E-state index is 9.17. The molecule has 1 N–H and O–H groups in total. The van der Waals surface area contributed by atoms with E-state index in [1.54, 1.807) is 0 Å². The van der Waals surface area contributed by atoms with Crippen molar-refractivity contribution in [3.8, 4) is 0 Å². The van der Waals surface area contributed by atoms with Crippen LogP contribution in [0.25, 0.3) is 0 Å². The second-order valence-corrected chi connectivity index (χ2v) is 2.52. The van der Waals surface area contributed by atoms with Gasteiger partial charge in [-0.1, -0.05) is 13.8 Å². The minimum absolute atomic E-state index is 0.153. The van der Waals surface area contributed by atoms with E-state index in [1.165, 1.54) is 0 Å². The Kier molecular flexibility index (Phi) is 2.09. The topological polar surface area (TPSA) is 32.8 Å². The quantitative estimate of drug-likeness (QED) is 0.576. The summed E-state index contributed by atoms with van der Waals surface area (Å²) in [5, 5.41) is 9.17. The SMILES string of the molecule is CCC(O)C1OC1CC. The van der Waals surface area contributed by atoms with E-state index in [2.05, 4.69) is 6.92 Å². The highest BCUT2D eigenvalue weighted by Gasteiger charge is 2.41. The van der Waals surface area contributed by atoms with E-state index in [0.717, 1.165) is 12.8 Å². The number of epoxide rings is 1. The lowest BCUT2D eigenvalue weighted by molar-refractivity contribution is 0.131. The van der Waals surface area contributed by atoms with Gasteiger partial charge in [-0.2, -0.15) is 0 Å². The molecule has 0 saturated carbocycles. The Bertz CT molecular complexity index is 92.9. The minimum atomic E-state index is -0.227. The van der Waals surface area contributed by atoms with Gasteiger partial charge in [0.1, 0.15) is 6.10 Å². The summed E-state index contributed by atoms with van der Waals surface area (Å²) in [7, 11) is 0. The second-order valence-electron chi connectivity index (χ2n) is 2.52. The van der Waals surface area contributed by atoms with E-state index in [9.17, 15) is 5.11 Å². The predicted molar refractivity (Wildman–Crippen MR) is 35.2 cm³/mol. The Balaban J connectivity index is 2.17. The van der Waals surface area contributed by atoms with Crippen molar-refractivity contribution in [2.75, 3.05) is 0 Å². The fourth-order valence-corrected chi connectivity index (χ4v) is 1.06. The maximum absolute atomic E-state index is 9.17. The molecule has 54 valence electrons. The first-order valence-corrected chi connectivity index (χ1v) is 3.63. The molecule has 2 nitrogen and oxygen atoms in total. The van der Waals surface area contributed by atoms with Crippen LogP contribution in [0.1, 0.15) is 26.7 Å². The van der Waals surface area contributed by atoms with Crippen LogP contribution in [0.5, 0.6) is 0 Å². The zero-order valence-corrected chi connectivity index (χ0v) is 6.00. The van der Waals surface area contributed by atoms with Crippen LogP contribution < -0.4 is 0 Å². The summed E-state index contributed by atoms with van der Waals surface area (Å²) >= 11 is 0. The van der Waals surface area contributed by atoms with E-state index >= 15 is 0 Å². The summed E-state index contributed by atoms with van der Waals surface area (Å²) in [6, 6.07) is 0. The molecular weight excluding hydrogens is 116 g/mol. The van der Waals surface area contributed by atoms with Crippen LogP contribution in [-0.4, -0.2) is 23.4 Å². The summed E-state index contributed by atoms with van der Waals surface area (Å²) in [6.07, 6.45) is 2.11. The Hall–Kier alpha value is -0.0800. The largest absolute Gasteiger partial charge is 0.390 e. The molecule has 3 unspecified atom stereocenters. The van der Waals surface area contributed by atoms with Crippen molar-refractivity contribution in [1.82, 2.24) is 0 Å². The fourth-order valence-electron chi connectivity index (χ4n) is 1.06. The molecule has 1 heterocycles. The third kappa shape index (κ3) is 1.43. The molecular formula is C7H14O2. The third-order valence-electron chi connectivity index (χ3n) is 1.82. The molecule has 0 aromatic carbocycles. The van der Waals surface area contributed by atoms with Crippen LogP contribution in [0.2, 0.25) is 0 Å². The van der Waals surface area contributed by atoms with Gasteiger partial charge >= 0.3 is 0 Å². The molecule has 9 heavy (non-hydrogen) atoms. The minimum Gasteiger partial charge on any atom is -0.390 e. The molecule has 0 spiro atoms. The summed E-state index contributed by atoms with van der Waals surface area (Å²) in [6.45, 7) is 4.05. The van der Waals surface area contributed by atoms with E-state index in [4.69, 9.17) is 4.74 Å². The lowest BCUT2D eigenvalue weighted by Crippen LogP contribution is -2.14. The van der Waals surface area contributed by atoms with Gasteiger partial charge in [0.2, 0.25) is 0 Å². The number of hydrogen-bond donors (Lipinski definition) is 1. The molecule has 0 aromatic rings. The molecule has 1 saturated heterocycles. The molecule has 0 radical (unpaired) electrons. The predicted octanol–water partition coefficient (Wildman–Crippen LogP) is 0.935. The van der Waals surface area contributed by atoms with E-state index in [-0.39, 0.29) is 12.2 Å². The van der Waals surface area contributed by atoms with E-state index < -0.39 is 0 Å². The Morgan fingerprint density at radius 3 is 2.56 bits per heavy atom. The van der Waals surface area contributed by atoms with Gasteiger partial charge in [0.25, 0.3) is 0 Å². The molecule has 0 amide bonds. The number of rotatable bonds is 3. The van der Waals surface area contributed by atoms with Crippen molar-refractivity contribution in [3.63, 3.8) is 0 Å². The molecule has 3 atom stereocenters. The van der Waals surface area contributed by atoms with Gasteiger partial charge in [0, 0.05) is 0 Å². The van der Waals surface area contributed by atoms with Crippen molar-refractivity contribution >= 4 is 0 Å². The first-order valence-electron chi connectivity index (χ1n) is 3.63. The van der Waals surface area contributed by atoms with Gasteiger partial charge in [0.05, 0.1) is 12.2 Å². The highest BCUT2D eigenvalue weighted by Crippen LogP contribution is 2.28. The fraction of sp³-hybridized carbons (Fsp3) is 1.00. The monoisotopic (exact) mass is 130 g/mol. The van der Waals surface area contributed by atoms with Crippen LogP contribution in [0.3, 0.4) is 0 Å². The average molecular weight is 130 g/mol. The van der Waals surface area contributed by atoms with Gasteiger partial charge in [-0.25, -0.2) is 0 Å². The zero-order valence-electron chi connectivity index (χ0n) is 6.00.